The lowest BCUT2D eigenvalue weighted by atomic mass is 9.99. The second-order valence-electron chi connectivity index (χ2n) is 7.39. The maximum atomic E-state index is 13.9. The second-order valence-corrected chi connectivity index (χ2v) is 7.39. The first-order chi connectivity index (χ1) is 14.2. The predicted molar refractivity (Wildman–Crippen MR) is 106 cm³/mol. The molecule has 0 amide bonds. The molecule has 0 saturated heterocycles. The van der Waals surface area contributed by atoms with E-state index in [1.165, 1.54) is 37.4 Å². The molecule has 1 aromatic heterocycles. The Morgan fingerprint density at radius 2 is 1.80 bits per heavy atom. The number of fused-ring (bicyclic) bond motifs is 3. The number of benzene rings is 2. The number of halogens is 3. The largest absolute Gasteiger partial charge is 0.497 e. The molecule has 0 radical (unpaired) electrons. The van der Waals surface area contributed by atoms with Gasteiger partial charge in [-0.15, -0.1) is 0 Å². The first kappa shape index (κ1) is 20.3. The van der Waals surface area contributed by atoms with E-state index in [1.807, 2.05) is 18.7 Å². The number of methoxy groups -OCH3 is 1. The highest BCUT2D eigenvalue weighted by Crippen LogP contribution is 2.40. The fourth-order valence-electron chi connectivity index (χ4n) is 3.53. The van der Waals surface area contributed by atoms with E-state index < -0.39 is 22.9 Å². The molecule has 5 nitrogen and oxygen atoms in total. The van der Waals surface area contributed by atoms with Crippen molar-refractivity contribution in [2.24, 2.45) is 0 Å². The lowest BCUT2D eigenvalue weighted by Gasteiger charge is -2.32. The van der Waals surface area contributed by atoms with E-state index in [4.69, 9.17) is 13.9 Å². The third-order valence-corrected chi connectivity index (χ3v) is 5.23. The SMILES string of the molecule is COc1ccc(-c2c(C(F)(F)F)oc3c4c(ccc3c2=O)OCN(C(C)C)C4)cc1. The maximum Gasteiger partial charge on any atom is 0.450 e. The number of rotatable bonds is 3. The van der Waals surface area contributed by atoms with Gasteiger partial charge in [0.2, 0.25) is 11.2 Å². The van der Waals surface area contributed by atoms with Crippen molar-refractivity contribution in [3.8, 4) is 22.6 Å². The molecular weight excluding hydrogens is 399 g/mol. The first-order valence-electron chi connectivity index (χ1n) is 9.42. The van der Waals surface area contributed by atoms with E-state index in [2.05, 4.69) is 0 Å². The summed E-state index contributed by atoms with van der Waals surface area (Å²) in [4.78, 5) is 15.1. The molecule has 158 valence electrons. The van der Waals surface area contributed by atoms with E-state index >= 15 is 0 Å². The van der Waals surface area contributed by atoms with Crippen LogP contribution < -0.4 is 14.9 Å². The van der Waals surface area contributed by atoms with E-state index in [0.717, 1.165) is 0 Å². The van der Waals surface area contributed by atoms with Gasteiger partial charge in [0.05, 0.1) is 23.6 Å². The van der Waals surface area contributed by atoms with Crippen molar-refractivity contribution in [1.82, 2.24) is 4.90 Å². The standard InChI is InChI=1S/C22H20F3NO4/c1-12(2)26-10-16-17(29-11-26)9-8-15-19(27)18(13-4-6-14(28-3)7-5-13)21(22(23,24)25)30-20(15)16/h4-9,12H,10-11H2,1-3H3. The summed E-state index contributed by atoms with van der Waals surface area (Å²) < 4.78 is 57.9. The minimum Gasteiger partial charge on any atom is -0.497 e. The highest BCUT2D eigenvalue weighted by atomic mass is 19.4. The quantitative estimate of drug-likeness (QED) is 0.595. The molecule has 0 N–H and O–H groups in total. The molecule has 0 atom stereocenters. The average Bonchev–Trinajstić information content (AvgIpc) is 2.72. The molecule has 0 spiro atoms. The first-order valence-corrected chi connectivity index (χ1v) is 9.42. The third kappa shape index (κ3) is 3.41. The van der Waals surface area contributed by atoms with Gasteiger partial charge in [-0.25, -0.2) is 0 Å². The van der Waals surface area contributed by atoms with Gasteiger partial charge in [-0.3, -0.25) is 9.69 Å². The van der Waals surface area contributed by atoms with Crippen LogP contribution in [0.4, 0.5) is 13.2 Å². The van der Waals surface area contributed by atoms with E-state index in [0.29, 0.717) is 30.3 Å². The Morgan fingerprint density at radius 1 is 1.10 bits per heavy atom. The van der Waals surface area contributed by atoms with Gasteiger partial charge in [-0.2, -0.15) is 13.2 Å². The molecule has 0 unspecified atom stereocenters. The number of ether oxygens (including phenoxy) is 2. The van der Waals surface area contributed by atoms with Gasteiger partial charge < -0.3 is 13.9 Å². The van der Waals surface area contributed by atoms with Crippen LogP contribution >= 0.6 is 0 Å². The molecule has 0 bridgehead atoms. The molecule has 8 heteroatoms. The zero-order valence-electron chi connectivity index (χ0n) is 16.7. The molecule has 0 aliphatic carbocycles. The normalized spacial score (nSPS) is 14.6. The van der Waals surface area contributed by atoms with Gasteiger partial charge >= 0.3 is 6.18 Å². The summed E-state index contributed by atoms with van der Waals surface area (Å²) in [6.07, 6.45) is -4.85. The van der Waals surface area contributed by atoms with Crippen molar-refractivity contribution in [2.45, 2.75) is 32.6 Å². The Kier molecular flexibility index (Phi) is 4.97. The molecule has 3 aromatic rings. The lowest BCUT2D eigenvalue weighted by molar-refractivity contribution is -0.152. The zero-order valence-corrected chi connectivity index (χ0v) is 16.7. The highest BCUT2D eigenvalue weighted by Gasteiger charge is 2.40. The van der Waals surface area contributed by atoms with E-state index in [-0.39, 0.29) is 22.6 Å². The lowest BCUT2D eigenvalue weighted by Crippen LogP contribution is -2.37. The number of nitrogens with zero attached hydrogens (tertiary/aromatic N) is 1. The van der Waals surface area contributed by atoms with Crippen molar-refractivity contribution < 1.29 is 27.1 Å². The van der Waals surface area contributed by atoms with E-state index in [1.54, 1.807) is 6.07 Å². The summed E-state index contributed by atoms with van der Waals surface area (Å²) >= 11 is 0. The smallest absolute Gasteiger partial charge is 0.450 e. The molecule has 0 saturated carbocycles. The minimum absolute atomic E-state index is 0.0850. The Morgan fingerprint density at radius 3 is 2.40 bits per heavy atom. The van der Waals surface area contributed by atoms with Crippen LogP contribution in [-0.2, 0) is 12.7 Å². The topological polar surface area (TPSA) is 51.9 Å². The van der Waals surface area contributed by atoms with Crippen LogP contribution in [0.25, 0.3) is 22.1 Å². The average molecular weight is 419 g/mol. The fraction of sp³-hybridized carbons (Fsp3) is 0.318. The molecule has 30 heavy (non-hydrogen) atoms. The molecule has 1 aliphatic rings. The van der Waals surface area contributed by atoms with Crippen LogP contribution in [0, 0.1) is 0 Å². The van der Waals surface area contributed by atoms with Crippen molar-refractivity contribution in [1.29, 1.82) is 0 Å². The highest BCUT2D eigenvalue weighted by molar-refractivity contribution is 5.87. The Hall–Kier alpha value is -3.00. The number of alkyl halides is 3. The Bertz CT molecular complexity index is 1150. The van der Waals surface area contributed by atoms with Gasteiger partial charge in [-0.1, -0.05) is 12.1 Å². The predicted octanol–water partition coefficient (Wildman–Crippen LogP) is 5.05. The summed E-state index contributed by atoms with van der Waals surface area (Å²) in [6, 6.07) is 9.00. The summed E-state index contributed by atoms with van der Waals surface area (Å²) in [5.41, 5.74) is -0.798. The summed E-state index contributed by atoms with van der Waals surface area (Å²) in [6.45, 7) is 4.56. The van der Waals surface area contributed by atoms with Crippen molar-refractivity contribution in [3.63, 3.8) is 0 Å². The summed E-state index contributed by atoms with van der Waals surface area (Å²) in [5.74, 6) is -0.425. The number of hydrogen-bond donors (Lipinski definition) is 0. The molecule has 4 rings (SSSR count). The monoisotopic (exact) mass is 419 g/mol. The van der Waals surface area contributed by atoms with Gasteiger partial charge in [0.25, 0.3) is 0 Å². The minimum atomic E-state index is -4.85. The fourth-order valence-corrected chi connectivity index (χ4v) is 3.53. The number of hydrogen-bond acceptors (Lipinski definition) is 5. The van der Waals surface area contributed by atoms with Crippen LogP contribution in [-0.4, -0.2) is 24.8 Å². The van der Waals surface area contributed by atoms with Crippen LogP contribution in [0.2, 0.25) is 0 Å². The second kappa shape index (κ2) is 7.36. The van der Waals surface area contributed by atoms with Crippen LogP contribution in [0.5, 0.6) is 11.5 Å². The van der Waals surface area contributed by atoms with Crippen LogP contribution in [0.1, 0.15) is 25.2 Å². The molecule has 0 fully saturated rings. The van der Waals surface area contributed by atoms with Crippen molar-refractivity contribution in [3.05, 3.63) is 57.9 Å². The molecule has 2 aromatic carbocycles. The third-order valence-electron chi connectivity index (χ3n) is 5.23. The molecule has 2 heterocycles. The van der Waals surface area contributed by atoms with Crippen LogP contribution in [0.15, 0.2) is 45.6 Å². The summed E-state index contributed by atoms with van der Waals surface area (Å²) in [7, 11) is 1.45. The van der Waals surface area contributed by atoms with Gasteiger partial charge in [-0.05, 0) is 43.7 Å². The van der Waals surface area contributed by atoms with Gasteiger partial charge in [0, 0.05) is 12.6 Å². The van der Waals surface area contributed by atoms with Gasteiger partial charge in [0.15, 0.2) is 0 Å². The van der Waals surface area contributed by atoms with Crippen LogP contribution in [0.3, 0.4) is 0 Å². The zero-order chi connectivity index (χ0) is 21.6. The molecule has 1 aliphatic heterocycles. The Balaban J connectivity index is 2.00. The van der Waals surface area contributed by atoms with Gasteiger partial charge in [0.1, 0.15) is 23.8 Å². The Labute approximate surface area is 170 Å². The molecular formula is C22H20F3NO4. The van der Waals surface area contributed by atoms with E-state index in [9.17, 15) is 18.0 Å². The van der Waals surface area contributed by atoms with Crippen molar-refractivity contribution >= 4 is 11.0 Å². The summed E-state index contributed by atoms with van der Waals surface area (Å²) in [5, 5.41) is 0.0850. The van der Waals surface area contributed by atoms with Crippen molar-refractivity contribution in [2.75, 3.05) is 13.8 Å². The maximum absolute atomic E-state index is 13.9.